The summed E-state index contributed by atoms with van der Waals surface area (Å²) in [5, 5.41) is 20.8. The lowest BCUT2D eigenvalue weighted by atomic mass is 9.79. The number of methoxy groups -OCH3 is 1. The third-order valence-electron chi connectivity index (χ3n) is 5.59. The molecule has 0 saturated carbocycles. The topological polar surface area (TPSA) is 102 Å². The van der Waals surface area contributed by atoms with Crippen molar-refractivity contribution < 1.29 is 34.0 Å². The molecule has 0 aromatic heterocycles. The number of rotatable bonds is 1. The molecule has 2 aliphatic rings. The van der Waals surface area contributed by atoms with Gasteiger partial charge in [0.1, 0.15) is 28.8 Å². The largest absolute Gasteiger partial charge is 0.507 e. The number of phenolic OH excluding ortho intramolecular Hbond substituents is 1. The maximum atomic E-state index is 12.8. The van der Waals surface area contributed by atoms with Crippen LogP contribution >= 0.6 is 0 Å². The first-order valence-electron chi connectivity index (χ1n) is 8.26. The summed E-state index contributed by atoms with van der Waals surface area (Å²) < 4.78 is 17.0. The van der Waals surface area contributed by atoms with Crippen LogP contribution < -0.4 is 4.74 Å². The molecule has 26 heavy (non-hydrogen) atoms. The normalized spacial score (nSPS) is 28.1. The van der Waals surface area contributed by atoms with Gasteiger partial charge in [-0.1, -0.05) is 0 Å². The Morgan fingerprint density at radius 3 is 2.27 bits per heavy atom. The monoisotopic (exact) mass is 362 g/mol. The molecular weight excluding hydrogens is 340 g/mol. The van der Waals surface area contributed by atoms with E-state index in [-0.39, 0.29) is 28.4 Å². The molecule has 0 saturated heterocycles. The summed E-state index contributed by atoms with van der Waals surface area (Å²) in [5.74, 6) is -1.07. The molecule has 7 heteroatoms. The van der Waals surface area contributed by atoms with Gasteiger partial charge in [-0.05, 0) is 45.7 Å². The minimum absolute atomic E-state index is 0.0155. The second kappa shape index (κ2) is 5.82. The van der Waals surface area contributed by atoms with E-state index in [4.69, 9.17) is 14.2 Å². The van der Waals surface area contributed by atoms with Gasteiger partial charge < -0.3 is 24.4 Å². The number of aliphatic hydroxyl groups excluding tert-OH is 1. The molecule has 1 aliphatic heterocycles. The molecule has 140 valence electrons. The zero-order valence-electron chi connectivity index (χ0n) is 15.6. The number of benzene rings is 1. The first-order valence-corrected chi connectivity index (χ1v) is 8.26. The predicted octanol–water partition coefficient (Wildman–Crippen LogP) is 1.86. The van der Waals surface area contributed by atoms with E-state index in [2.05, 4.69) is 0 Å². The molecule has 0 bridgehead atoms. The fourth-order valence-corrected chi connectivity index (χ4v) is 3.48. The van der Waals surface area contributed by atoms with Crippen molar-refractivity contribution in [2.75, 3.05) is 7.11 Å². The zero-order chi connectivity index (χ0) is 19.5. The van der Waals surface area contributed by atoms with Gasteiger partial charge in [-0.15, -0.1) is 0 Å². The average molecular weight is 362 g/mol. The summed E-state index contributed by atoms with van der Waals surface area (Å²) in [6.45, 7) is 7.99. The highest BCUT2D eigenvalue weighted by Gasteiger charge is 2.56. The van der Waals surface area contributed by atoms with E-state index in [0.717, 1.165) is 0 Å². The Kier molecular flexibility index (Phi) is 4.12. The Morgan fingerprint density at radius 2 is 1.69 bits per heavy atom. The molecule has 0 spiro atoms. The lowest BCUT2D eigenvalue weighted by molar-refractivity contribution is -0.166. The summed E-state index contributed by atoms with van der Waals surface area (Å²) in [6, 6.07) is 0. The van der Waals surface area contributed by atoms with Gasteiger partial charge >= 0.3 is 5.97 Å². The molecule has 3 atom stereocenters. The number of Topliss-reactive ketones (excluding diaryl/α,β-unsaturated/α-hetero) is 1. The second-order valence-corrected chi connectivity index (χ2v) is 6.96. The number of hydrogen-bond acceptors (Lipinski definition) is 7. The lowest BCUT2D eigenvalue weighted by Gasteiger charge is -2.42. The third kappa shape index (κ3) is 2.20. The molecule has 1 aromatic carbocycles. The minimum Gasteiger partial charge on any atom is -0.507 e. The van der Waals surface area contributed by atoms with E-state index in [1.54, 1.807) is 20.8 Å². The third-order valence-corrected chi connectivity index (χ3v) is 5.59. The van der Waals surface area contributed by atoms with E-state index in [1.165, 1.54) is 21.0 Å². The second-order valence-electron chi connectivity index (χ2n) is 6.96. The Labute approximate surface area is 151 Å². The highest BCUT2D eigenvalue weighted by molar-refractivity contribution is 6.03. The molecule has 0 radical (unpaired) electrons. The molecule has 1 heterocycles. The minimum atomic E-state index is -1.48. The number of fused-ring (bicyclic) bond motifs is 2. The Hall–Kier alpha value is -2.38. The van der Waals surface area contributed by atoms with Gasteiger partial charge in [0.15, 0.2) is 17.6 Å². The predicted molar refractivity (Wildman–Crippen MR) is 91.3 cm³/mol. The van der Waals surface area contributed by atoms with E-state index in [0.29, 0.717) is 16.7 Å². The van der Waals surface area contributed by atoms with Crippen LogP contribution in [0.5, 0.6) is 11.5 Å². The number of ether oxygens (including phenoxy) is 3. The van der Waals surface area contributed by atoms with Crippen molar-refractivity contribution in [3.63, 3.8) is 0 Å². The molecule has 1 aromatic rings. The van der Waals surface area contributed by atoms with Gasteiger partial charge in [0.05, 0.1) is 0 Å². The summed E-state index contributed by atoms with van der Waals surface area (Å²) in [5.41, 5.74) is 0.277. The molecule has 2 N–H and O–H groups in total. The van der Waals surface area contributed by atoms with Crippen molar-refractivity contribution in [1.29, 1.82) is 0 Å². The number of esters is 1. The molecule has 0 fully saturated rings. The van der Waals surface area contributed by atoms with E-state index >= 15 is 0 Å². The van der Waals surface area contributed by atoms with Gasteiger partial charge in [0.2, 0.25) is 0 Å². The zero-order valence-corrected chi connectivity index (χ0v) is 15.6. The van der Waals surface area contributed by atoms with Gasteiger partial charge in [0.25, 0.3) is 0 Å². The number of aromatic hydroxyl groups is 1. The maximum absolute atomic E-state index is 12.8. The van der Waals surface area contributed by atoms with Crippen LogP contribution in [0.4, 0.5) is 0 Å². The SMILES string of the molecule is CO[C@@]1(C)[C@H](O)C(=O)C(C)=C2OC(=O)c3c(C)c(C)c(O)c(C)c3O[C@@H]21. The number of carbonyl (C=O) groups excluding carboxylic acids is 2. The van der Waals surface area contributed by atoms with E-state index < -0.39 is 29.6 Å². The molecule has 0 amide bonds. The Morgan fingerprint density at radius 1 is 1.08 bits per heavy atom. The Bertz CT molecular complexity index is 867. The van der Waals surface area contributed by atoms with E-state index in [1.807, 2.05) is 0 Å². The van der Waals surface area contributed by atoms with Crippen molar-refractivity contribution >= 4 is 11.8 Å². The van der Waals surface area contributed by atoms with Gasteiger partial charge in [-0.2, -0.15) is 0 Å². The number of ketones is 1. The van der Waals surface area contributed by atoms with Crippen LogP contribution in [0.25, 0.3) is 0 Å². The van der Waals surface area contributed by atoms with Crippen molar-refractivity contribution in [3.05, 3.63) is 33.6 Å². The number of hydrogen-bond donors (Lipinski definition) is 2. The number of carbonyl (C=O) groups is 2. The summed E-state index contributed by atoms with van der Waals surface area (Å²) in [4.78, 5) is 25.2. The molecule has 1 aliphatic carbocycles. The number of phenols is 1. The van der Waals surface area contributed by atoms with Crippen LogP contribution in [-0.2, 0) is 14.3 Å². The fraction of sp³-hybridized carbons (Fsp3) is 0.474. The first kappa shape index (κ1) is 18.4. The van der Waals surface area contributed by atoms with Gasteiger partial charge in [0, 0.05) is 18.2 Å². The molecule has 7 nitrogen and oxygen atoms in total. The standard InChI is InChI=1S/C19H22O7/c1-7-8(2)12(20)9(3)14-11(7)18(23)26-15-10(4)13(21)16(22)19(5,24-6)17(15)25-14/h16-17,20,22H,1-6H3/t16-,17+,19+/m1/s1. The van der Waals surface area contributed by atoms with Crippen molar-refractivity contribution in [3.8, 4) is 11.5 Å². The van der Waals surface area contributed by atoms with Crippen molar-refractivity contribution in [1.82, 2.24) is 0 Å². The van der Waals surface area contributed by atoms with Crippen LogP contribution in [0.2, 0.25) is 0 Å². The van der Waals surface area contributed by atoms with Gasteiger partial charge in [-0.25, -0.2) is 4.79 Å². The molecule has 3 rings (SSSR count). The highest BCUT2D eigenvalue weighted by atomic mass is 16.6. The van der Waals surface area contributed by atoms with Crippen molar-refractivity contribution in [2.24, 2.45) is 0 Å². The van der Waals surface area contributed by atoms with E-state index in [9.17, 15) is 19.8 Å². The van der Waals surface area contributed by atoms with Crippen LogP contribution in [0.1, 0.15) is 40.9 Å². The highest BCUT2D eigenvalue weighted by Crippen LogP contribution is 2.45. The van der Waals surface area contributed by atoms with Crippen LogP contribution in [0, 0.1) is 20.8 Å². The lowest BCUT2D eigenvalue weighted by Crippen LogP contribution is -2.60. The van der Waals surface area contributed by atoms with Crippen molar-refractivity contribution in [2.45, 2.75) is 52.4 Å². The maximum Gasteiger partial charge on any atom is 0.347 e. The smallest absolute Gasteiger partial charge is 0.347 e. The quantitative estimate of drug-likeness (QED) is 0.735. The summed E-state index contributed by atoms with van der Waals surface area (Å²) in [6.07, 6.45) is -2.52. The Balaban J connectivity index is 2.32. The first-order chi connectivity index (χ1) is 12.1. The fourth-order valence-electron chi connectivity index (χ4n) is 3.48. The average Bonchev–Trinajstić information content (AvgIpc) is 2.78. The summed E-state index contributed by atoms with van der Waals surface area (Å²) in [7, 11) is 1.34. The number of aliphatic hydroxyl groups is 1. The molecule has 0 unspecified atom stereocenters. The van der Waals surface area contributed by atoms with Crippen LogP contribution in [0.3, 0.4) is 0 Å². The molecular formula is C19H22O7. The van der Waals surface area contributed by atoms with Crippen LogP contribution in [-0.4, -0.2) is 46.9 Å². The van der Waals surface area contributed by atoms with Gasteiger partial charge in [-0.3, -0.25) is 4.79 Å². The van der Waals surface area contributed by atoms with Crippen LogP contribution in [0.15, 0.2) is 11.3 Å². The summed E-state index contributed by atoms with van der Waals surface area (Å²) >= 11 is 0.